The van der Waals surface area contributed by atoms with Gasteiger partial charge in [-0.3, -0.25) is 9.59 Å². The zero-order valence-corrected chi connectivity index (χ0v) is 13.4. The molecule has 26 heavy (non-hydrogen) atoms. The van der Waals surface area contributed by atoms with Crippen LogP contribution in [0, 0.1) is 0 Å². The second kappa shape index (κ2) is 6.25. The molecule has 0 saturated heterocycles. The fourth-order valence-electron chi connectivity index (χ4n) is 2.68. The maximum Gasteiger partial charge on any atom is 0.363 e. The molecular formula is C18H12N4O4. The van der Waals surface area contributed by atoms with Crippen LogP contribution in [0.25, 0.3) is 0 Å². The van der Waals surface area contributed by atoms with Crippen LogP contribution in [0.2, 0.25) is 0 Å². The number of carbonyl (C=O) groups excluding carboxylic acids is 3. The Morgan fingerprint density at radius 3 is 2.38 bits per heavy atom. The van der Waals surface area contributed by atoms with E-state index in [0.717, 1.165) is 5.56 Å². The van der Waals surface area contributed by atoms with Crippen LogP contribution >= 0.6 is 0 Å². The minimum atomic E-state index is -0.792. The van der Waals surface area contributed by atoms with Crippen molar-refractivity contribution in [1.29, 1.82) is 0 Å². The van der Waals surface area contributed by atoms with E-state index in [2.05, 4.69) is 10.1 Å². The van der Waals surface area contributed by atoms with Crippen LogP contribution in [0.5, 0.6) is 0 Å². The number of hydroxylamine groups is 2. The summed E-state index contributed by atoms with van der Waals surface area (Å²) >= 11 is 0. The highest BCUT2D eigenvalue weighted by molar-refractivity contribution is 6.21. The molecule has 0 aliphatic carbocycles. The summed E-state index contributed by atoms with van der Waals surface area (Å²) in [5.41, 5.74) is 1.45. The van der Waals surface area contributed by atoms with Gasteiger partial charge in [-0.15, -0.1) is 0 Å². The first-order valence-electron chi connectivity index (χ1n) is 7.75. The molecule has 2 amide bonds. The molecule has 1 aliphatic heterocycles. The Kier molecular flexibility index (Phi) is 3.77. The number of hydrogen-bond acceptors (Lipinski definition) is 6. The minimum absolute atomic E-state index is 0.213. The van der Waals surface area contributed by atoms with Gasteiger partial charge in [0.2, 0.25) is 0 Å². The molecule has 2 aromatic carbocycles. The molecule has 128 valence electrons. The van der Waals surface area contributed by atoms with Crippen molar-refractivity contribution in [2.75, 3.05) is 0 Å². The Morgan fingerprint density at radius 2 is 1.73 bits per heavy atom. The average molecular weight is 348 g/mol. The summed E-state index contributed by atoms with van der Waals surface area (Å²) in [4.78, 5) is 45.8. The highest BCUT2D eigenvalue weighted by Crippen LogP contribution is 2.23. The highest BCUT2D eigenvalue weighted by Gasteiger charge is 2.38. The SMILES string of the molecule is O=C(ON1C(=O)c2ccccc2C1=O)c1cccc(Cn2cncn2)c1. The number of nitrogens with zero attached hydrogens (tertiary/aromatic N) is 4. The molecule has 0 spiro atoms. The van der Waals surface area contributed by atoms with Gasteiger partial charge in [0.25, 0.3) is 11.8 Å². The summed E-state index contributed by atoms with van der Waals surface area (Å²) in [6.07, 6.45) is 2.98. The van der Waals surface area contributed by atoms with E-state index in [1.165, 1.54) is 18.5 Å². The molecule has 0 N–H and O–H groups in total. The normalized spacial score (nSPS) is 13.0. The van der Waals surface area contributed by atoms with Gasteiger partial charge in [-0.1, -0.05) is 29.3 Å². The zero-order valence-electron chi connectivity index (χ0n) is 13.4. The third-order valence-corrected chi connectivity index (χ3v) is 3.90. The van der Waals surface area contributed by atoms with Crippen molar-refractivity contribution >= 4 is 17.8 Å². The van der Waals surface area contributed by atoms with Crippen LogP contribution in [-0.2, 0) is 11.4 Å². The van der Waals surface area contributed by atoms with Gasteiger partial charge in [-0.25, -0.2) is 14.5 Å². The van der Waals surface area contributed by atoms with Crippen LogP contribution < -0.4 is 0 Å². The van der Waals surface area contributed by atoms with Gasteiger partial charge in [0.05, 0.1) is 23.2 Å². The van der Waals surface area contributed by atoms with E-state index in [-0.39, 0.29) is 16.7 Å². The Morgan fingerprint density at radius 1 is 1.00 bits per heavy atom. The van der Waals surface area contributed by atoms with Gasteiger partial charge >= 0.3 is 5.97 Å². The number of fused-ring (bicyclic) bond motifs is 1. The van der Waals surface area contributed by atoms with Crippen LogP contribution in [-0.4, -0.2) is 37.6 Å². The molecule has 0 atom stereocenters. The molecule has 0 radical (unpaired) electrons. The van der Waals surface area contributed by atoms with E-state index in [9.17, 15) is 14.4 Å². The summed E-state index contributed by atoms with van der Waals surface area (Å²) < 4.78 is 1.61. The Bertz CT molecular complexity index is 979. The first-order valence-corrected chi connectivity index (χ1v) is 7.75. The lowest BCUT2D eigenvalue weighted by atomic mass is 10.1. The zero-order chi connectivity index (χ0) is 18.1. The molecule has 3 aromatic rings. The van der Waals surface area contributed by atoms with Crippen LogP contribution in [0.4, 0.5) is 0 Å². The van der Waals surface area contributed by atoms with Gasteiger partial charge in [0.1, 0.15) is 12.7 Å². The lowest BCUT2D eigenvalue weighted by molar-refractivity contribution is -0.0584. The Labute approximate surface area is 147 Å². The quantitative estimate of drug-likeness (QED) is 0.666. The van der Waals surface area contributed by atoms with E-state index in [1.807, 2.05) is 6.07 Å². The van der Waals surface area contributed by atoms with Crippen molar-refractivity contribution < 1.29 is 19.2 Å². The molecule has 4 rings (SSSR count). The van der Waals surface area contributed by atoms with Crippen molar-refractivity contribution in [3.63, 3.8) is 0 Å². The number of benzene rings is 2. The highest BCUT2D eigenvalue weighted by atomic mass is 16.7. The van der Waals surface area contributed by atoms with E-state index in [4.69, 9.17) is 4.84 Å². The molecule has 2 heterocycles. The third-order valence-electron chi connectivity index (χ3n) is 3.90. The maximum absolute atomic E-state index is 12.4. The van der Waals surface area contributed by atoms with E-state index in [1.54, 1.807) is 41.3 Å². The Balaban J connectivity index is 1.52. The third kappa shape index (κ3) is 2.73. The fraction of sp³-hybridized carbons (Fsp3) is 0.0556. The standard InChI is InChI=1S/C18H12N4O4/c23-16-14-6-1-2-7-15(14)17(24)22(16)26-18(25)13-5-3-4-12(8-13)9-21-11-19-10-20-21/h1-8,10-11H,9H2. The molecule has 1 aliphatic rings. The summed E-state index contributed by atoms with van der Waals surface area (Å²) in [6.45, 7) is 0.425. The number of amides is 2. The van der Waals surface area contributed by atoms with Crippen molar-refractivity contribution in [1.82, 2.24) is 19.8 Å². The van der Waals surface area contributed by atoms with Crippen LogP contribution in [0.1, 0.15) is 36.6 Å². The second-order valence-corrected chi connectivity index (χ2v) is 5.62. The molecule has 0 unspecified atom stereocenters. The van der Waals surface area contributed by atoms with E-state index >= 15 is 0 Å². The van der Waals surface area contributed by atoms with Gasteiger partial charge in [0, 0.05) is 0 Å². The lowest BCUT2D eigenvalue weighted by Crippen LogP contribution is -2.32. The summed E-state index contributed by atoms with van der Waals surface area (Å²) in [5, 5.41) is 4.50. The number of carbonyl (C=O) groups is 3. The average Bonchev–Trinajstić information content (AvgIpc) is 3.25. The summed E-state index contributed by atoms with van der Waals surface area (Å²) in [6, 6.07) is 13.0. The molecule has 0 saturated carbocycles. The van der Waals surface area contributed by atoms with Gasteiger partial charge in [-0.05, 0) is 29.8 Å². The molecule has 8 nitrogen and oxygen atoms in total. The smallest absolute Gasteiger partial charge is 0.324 e. The van der Waals surface area contributed by atoms with Gasteiger partial charge in [0.15, 0.2) is 0 Å². The molecular weight excluding hydrogens is 336 g/mol. The van der Waals surface area contributed by atoms with Gasteiger partial charge in [-0.2, -0.15) is 5.10 Å². The van der Waals surface area contributed by atoms with Crippen molar-refractivity contribution in [2.24, 2.45) is 0 Å². The molecule has 0 bridgehead atoms. The largest absolute Gasteiger partial charge is 0.363 e. The van der Waals surface area contributed by atoms with Crippen LogP contribution in [0.3, 0.4) is 0 Å². The van der Waals surface area contributed by atoms with Gasteiger partial charge < -0.3 is 4.84 Å². The molecule has 1 aromatic heterocycles. The molecule has 0 fully saturated rings. The van der Waals surface area contributed by atoms with E-state index < -0.39 is 17.8 Å². The topological polar surface area (TPSA) is 94.4 Å². The lowest BCUT2D eigenvalue weighted by Gasteiger charge is -2.13. The van der Waals surface area contributed by atoms with Crippen LogP contribution in [0.15, 0.2) is 61.2 Å². The van der Waals surface area contributed by atoms with Crippen molar-refractivity contribution in [3.8, 4) is 0 Å². The second-order valence-electron chi connectivity index (χ2n) is 5.62. The Hall–Kier alpha value is -3.81. The fourth-order valence-corrected chi connectivity index (χ4v) is 2.68. The number of rotatable bonds is 4. The number of aromatic nitrogens is 3. The first kappa shape index (κ1) is 15.7. The molecule has 8 heteroatoms. The van der Waals surface area contributed by atoms with E-state index in [0.29, 0.717) is 11.6 Å². The number of imide groups is 1. The predicted molar refractivity (Wildman–Crippen MR) is 87.9 cm³/mol. The summed E-state index contributed by atoms with van der Waals surface area (Å²) in [5.74, 6) is -2.10. The minimum Gasteiger partial charge on any atom is -0.324 e. The predicted octanol–water partition coefficient (Wildman–Crippen LogP) is 1.69. The summed E-state index contributed by atoms with van der Waals surface area (Å²) in [7, 11) is 0. The van der Waals surface area contributed by atoms with Crippen molar-refractivity contribution in [2.45, 2.75) is 6.54 Å². The maximum atomic E-state index is 12.4. The number of hydrogen-bond donors (Lipinski definition) is 0. The monoisotopic (exact) mass is 348 g/mol. The first-order chi connectivity index (χ1) is 12.6. The van der Waals surface area contributed by atoms with Crippen molar-refractivity contribution in [3.05, 3.63) is 83.4 Å².